The van der Waals surface area contributed by atoms with Crippen LogP contribution in [-0.4, -0.2) is 46.3 Å². The summed E-state index contributed by atoms with van der Waals surface area (Å²) >= 11 is 0. The molecule has 0 saturated heterocycles. The first-order valence-electron chi connectivity index (χ1n) is 9.90. The maximum atomic E-state index is 13.1. The fraction of sp³-hybridized carbons (Fsp3) is 0.238. The second kappa shape index (κ2) is 6.34. The highest BCUT2D eigenvalue weighted by atomic mass is 19.3. The molecule has 5 aromatic heterocycles. The van der Waals surface area contributed by atoms with Crippen LogP contribution < -0.4 is 5.32 Å². The minimum Gasteiger partial charge on any atom is -0.351 e. The van der Waals surface area contributed by atoms with Crippen molar-refractivity contribution in [3.63, 3.8) is 0 Å². The molecule has 0 spiro atoms. The quantitative estimate of drug-likeness (QED) is 0.461. The van der Waals surface area contributed by atoms with Crippen molar-refractivity contribution in [2.45, 2.75) is 24.8 Å². The van der Waals surface area contributed by atoms with Crippen LogP contribution in [0.25, 0.3) is 38.8 Å². The summed E-state index contributed by atoms with van der Waals surface area (Å²) in [6.07, 6.45) is 10.7. The first-order chi connectivity index (χ1) is 14.9. The van der Waals surface area contributed by atoms with Gasteiger partial charge in [-0.15, -0.1) is 0 Å². The average molecular weight is 420 g/mol. The Morgan fingerprint density at radius 2 is 2.00 bits per heavy atom. The number of aromatic amines is 1. The van der Waals surface area contributed by atoms with Gasteiger partial charge in [-0.1, -0.05) is 0 Å². The first kappa shape index (κ1) is 18.0. The van der Waals surface area contributed by atoms with Crippen LogP contribution in [0.5, 0.6) is 0 Å². The molecule has 2 N–H and O–H groups in total. The molecule has 10 heteroatoms. The molecule has 0 atom stereocenters. The number of pyridine rings is 1. The fourth-order valence-corrected chi connectivity index (χ4v) is 4.09. The van der Waals surface area contributed by atoms with Crippen LogP contribution in [-0.2, 0) is 7.05 Å². The summed E-state index contributed by atoms with van der Waals surface area (Å²) in [6, 6.07) is 3.76. The molecular formula is C21H18F2N8. The third-order valence-electron chi connectivity index (χ3n) is 5.70. The second-order valence-electron chi connectivity index (χ2n) is 7.97. The Kier molecular flexibility index (Phi) is 3.68. The van der Waals surface area contributed by atoms with Gasteiger partial charge in [-0.05, 0) is 17.7 Å². The molecule has 0 amide bonds. The zero-order chi connectivity index (χ0) is 21.2. The number of anilines is 1. The molecule has 5 heterocycles. The Morgan fingerprint density at radius 1 is 1.13 bits per heavy atom. The summed E-state index contributed by atoms with van der Waals surface area (Å²) in [7, 11) is 1.88. The summed E-state index contributed by atoms with van der Waals surface area (Å²) in [5.41, 5.74) is 5.55. The number of nitrogens with one attached hydrogen (secondary N) is 2. The lowest BCUT2D eigenvalue weighted by atomic mass is 9.88. The first-order valence-corrected chi connectivity index (χ1v) is 9.90. The Balaban J connectivity index is 1.35. The van der Waals surface area contributed by atoms with Gasteiger partial charge in [-0.3, -0.25) is 4.68 Å². The Hall–Kier alpha value is -3.82. The van der Waals surface area contributed by atoms with E-state index in [-0.39, 0.29) is 18.9 Å². The topological polar surface area (TPSA) is 88.7 Å². The smallest absolute Gasteiger partial charge is 0.252 e. The Bertz CT molecular complexity index is 1420. The average Bonchev–Trinajstić information content (AvgIpc) is 3.43. The monoisotopic (exact) mass is 420 g/mol. The summed E-state index contributed by atoms with van der Waals surface area (Å²) in [5, 5.41) is 12.5. The van der Waals surface area contributed by atoms with Crippen LogP contribution in [0.3, 0.4) is 0 Å². The van der Waals surface area contributed by atoms with Crippen molar-refractivity contribution in [1.82, 2.24) is 34.3 Å². The van der Waals surface area contributed by atoms with Gasteiger partial charge in [0.15, 0.2) is 0 Å². The number of alkyl halides is 2. The van der Waals surface area contributed by atoms with Gasteiger partial charge in [0.1, 0.15) is 5.65 Å². The molecule has 31 heavy (non-hydrogen) atoms. The lowest BCUT2D eigenvalue weighted by Gasteiger charge is -2.35. The van der Waals surface area contributed by atoms with Crippen LogP contribution >= 0.6 is 0 Å². The molecule has 1 aliphatic rings. The van der Waals surface area contributed by atoms with E-state index in [0.29, 0.717) is 11.6 Å². The van der Waals surface area contributed by atoms with Crippen molar-refractivity contribution in [3.8, 4) is 22.3 Å². The van der Waals surface area contributed by atoms with Crippen molar-refractivity contribution in [3.05, 3.63) is 49.3 Å². The molecule has 1 saturated carbocycles. The summed E-state index contributed by atoms with van der Waals surface area (Å²) in [6.45, 7) is 0. The van der Waals surface area contributed by atoms with Crippen molar-refractivity contribution in [2.24, 2.45) is 7.05 Å². The molecule has 0 radical (unpaired) electrons. The van der Waals surface area contributed by atoms with E-state index < -0.39 is 5.92 Å². The molecule has 0 aromatic carbocycles. The number of fused-ring (bicyclic) bond motifs is 2. The summed E-state index contributed by atoms with van der Waals surface area (Å²) < 4.78 is 29.7. The number of aryl methyl sites for hydroxylation is 1. The minimum atomic E-state index is -2.58. The number of rotatable bonds is 4. The van der Waals surface area contributed by atoms with E-state index in [1.54, 1.807) is 10.9 Å². The Morgan fingerprint density at radius 3 is 2.77 bits per heavy atom. The largest absolute Gasteiger partial charge is 0.351 e. The fourth-order valence-electron chi connectivity index (χ4n) is 4.09. The van der Waals surface area contributed by atoms with Crippen LogP contribution in [0.1, 0.15) is 12.8 Å². The van der Waals surface area contributed by atoms with Gasteiger partial charge in [0.25, 0.3) is 5.92 Å². The third-order valence-corrected chi connectivity index (χ3v) is 5.70. The van der Waals surface area contributed by atoms with Gasteiger partial charge in [-0.25, -0.2) is 18.3 Å². The van der Waals surface area contributed by atoms with Gasteiger partial charge in [-0.2, -0.15) is 15.2 Å². The number of halogens is 2. The lowest BCUT2D eigenvalue weighted by molar-refractivity contribution is -0.0794. The van der Waals surface area contributed by atoms with Crippen molar-refractivity contribution < 1.29 is 8.78 Å². The van der Waals surface area contributed by atoms with E-state index >= 15 is 0 Å². The molecule has 0 unspecified atom stereocenters. The number of hydrogen-bond acceptors (Lipinski definition) is 5. The van der Waals surface area contributed by atoms with Gasteiger partial charge >= 0.3 is 0 Å². The number of nitrogens with zero attached hydrogens (tertiary/aromatic N) is 6. The predicted octanol–water partition coefficient (Wildman–Crippen LogP) is 3.88. The van der Waals surface area contributed by atoms with Gasteiger partial charge in [0, 0.05) is 72.8 Å². The van der Waals surface area contributed by atoms with Crippen LogP contribution in [0.4, 0.5) is 14.7 Å². The van der Waals surface area contributed by atoms with E-state index in [1.165, 1.54) is 0 Å². The van der Waals surface area contributed by atoms with Gasteiger partial charge in [0.2, 0.25) is 5.95 Å². The van der Waals surface area contributed by atoms with E-state index in [0.717, 1.165) is 33.2 Å². The molecule has 0 aliphatic heterocycles. The highest BCUT2D eigenvalue weighted by molar-refractivity contribution is 5.95. The molecule has 1 fully saturated rings. The van der Waals surface area contributed by atoms with Crippen molar-refractivity contribution in [1.29, 1.82) is 0 Å². The van der Waals surface area contributed by atoms with Gasteiger partial charge < -0.3 is 10.3 Å². The number of hydrogen-bond donors (Lipinski definition) is 2. The van der Waals surface area contributed by atoms with Crippen molar-refractivity contribution >= 4 is 22.5 Å². The SMILES string of the molecule is Cn1cc(-c2cnn3ccc(-c4c[nH]c5nc(NC6CC(F)(F)C6)ncc45)cc23)cn1. The molecule has 5 aromatic rings. The maximum absolute atomic E-state index is 13.1. The van der Waals surface area contributed by atoms with Crippen molar-refractivity contribution in [2.75, 3.05) is 5.32 Å². The highest BCUT2D eigenvalue weighted by Crippen LogP contribution is 2.39. The third kappa shape index (κ3) is 3.02. The van der Waals surface area contributed by atoms with Gasteiger partial charge in [0.05, 0.1) is 17.9 Å². The molecule has 8 nitrogen and oxygen atoms in total. The zero-order valence-electron chi connectivity index (χ0n) is 16.5. The summed E-state index contributed by atoms with van der Waals surface area (Å²) in [4.78, 5) is 12.0. The normalized spacial score (nSPS) is 16.1. The predicted molar refractivity (Wildman–Crippen MR) is 112 cm³/mol. The van der Waals surface area contributed by atoms with E-state index in [1.807, 2.05) is 48.6 Å². The molecule has 0 bridgehead atoms. The summed E-state index contributed by atoms with van der Waals surface area (Å²) in [5.74, 6) is -2.23. The molecular weight excluding hydrogens is 402 g/mol. The molecule has 6 rings (SSSR count). The van der Waals surface area contributed by atoms with Crippen LogP contribution in [0, 0.1) is 0 Å². The van der Waals surface area contributed by atoms with E-state index in [9.17, 15) is 8.78 Å². The molecule has 1 aliphatic carbocycles. The van der Waals surface area contributed by atoms with Crippen LogP contribution in [0.2, 0.25) is 0 Å². The van der Waals surface area contributed by atoms with E-state index in [2.05, 4.69) is 36.5 Å². The maximum Gasteiger partial charge on any atom is 0.252 e. The zero-order valence-corrected chi connectivity index (χ0v) is 16.5. The van der Waals surface area contributed by atoms with E-state index in [4.69, 9.17) is 0 Å². The lowest BCUT2D eigenvalue weighted by Crippen LogP contribution is -2.44. The Labute approximate surface area is 174 Å². The second-order valence-corrected chi connectivity index (χ2v) is 7.97. The van der Waals surface area contributed by atoms with Crippen LogP contribution in [0.15, 0.2) is 49.3 Å². The molecule has 156 valence electrons. The standard InChI is InChI=1S/C21H18F2N8/c1-30-11-13(7-26-30)16-10-27-31-3-2-12(4-18(16)31)15-8-24-19-17(15)9-25-20(29-19)28-14-5-21(22,23)6-14/h2-4,7-11,14H,5-6H2,1H3,(H2,24,25,28,29). The number of aromatic nitrogens is 7. The highest BCUT2D eigenvalue weighted by Gasteiger charge is 2.45. The number of H-pyrrole nitrogens is 1. The minimum absolute atomic E-state index is 0.186.